The molecule has 0 aliphatic rings. The normalized spacial score (nSPS) is 12.4. The first-order valence-corrected chi connectivity index (χ1v) is 6.39. The number of halogens is 4. The Morgan fingerprint density at radius 1 is 0.900 bits per heavy atom. The maximum Gasteiger partial charge on any atom is 0.129 e. The van der Waals surface area contributed by atoms with E-state index in [2.05, 4.69) is 0 Å². The second-order valence-electron chi connectivity index (χ2n) is 4.53. The van der Waals surface area contributed by atoms with Gasteiger partial charge >= 0.3 is 0 Å². The van der Waals surface area contributed by atoms with E-state index in [1.54, 1.807) is 0 Å². The van der Waals surface area contributed by atoms with Crippen LogP contribution in [0.3, 0.4) is 0 Å². The van der Waals surface area contributed by atoms with Crippen LogP contribution in [-0.2, 0) is 12.8 Å². The summed E-state index contributed by atoms with van der Waals surface area (Å²) in [7, 11) is 0. The molecule has 0 radical (unpaired) electrons. The summed E-state index contributed by atoms with van der Waals surface area (Å²) in [6.45, 7) is 0. The average Bonchev–Trinajstić information content (AvgIpc) is 2.37. The van der Waals surface area contributed by atoms with Gasteiger partial charge in [0.15, 0.2) is 0 Å². The zero-order chi connectivity index (χ0) is 14.7. The molecule has 0 spiro atoms. The molecule has 0 aliphatic heterocycles. The second kappa shape index (κ2) is 6.29. The van der Waals surface area contributed by atoms with Crippen LogP contribution in [0.5, 0.6) is 0 Å². The molecule has 0 aliphatic carbocycles. The zero-order valence-corrected chi connectivity index (χ0v) is 11.2. The molecular weight excluding hydrogens is 289 g/mol. The fraction of sp³-hybridized carbons (Fsp3) is 0.200. The average molecular weight is 301 g/mol. The van der Waals surface area contributed by atoms with Gasteiger partial charge in [-0.15, -0.1) is 0 Å². The van der Waals surface area contributed by atoms with Crippen LogP contribution >= 0.6 is 11.6 Å². The quantitative estimate of drug-likeness (QED) is 0.908. The maximum atomic E-state index is 13.5. The van der Waals surface area contributed by atoms with E-state index in [0.29, 0.717) is 10.6 Å². The Morgan fingerprint density at radius 3 is 2.20 bits per heavy atom. The Labute approximate surface area is 119 Å². The molecule has 0 saturated carbocycles. The molecule has 1 unspecified atom stereocenters. The van der Waals surface area contributed by atoms with E-state index >= 15 is 0 Å². The number of benzene rings is 2. The van der Waals surface area contributed by atoms with E-state index in [-0.39, 0.29) is 18.4 Å². The van der Waals surface area contributed by atoms with E-state index < -0.39 is 23.6 Å². The third-order valence-electron chi connectivity index (χ3n) is 2.93. The second-order valence-corrected chi connectivity index (χ2v) is 4.94. The Kier molecular flexibility index (Phi) is 4.68. The fourth-order valence-corrected chi connectivity index (χ4v) is 2.16. The molecule has 0 amide bonds. The minimum atomic E-state index is -0.936. The van der Waals surface area contributed by atoms with Gasteiger partial charge in [0.05, 0.1) is 6.10 Å². The van der Waals surface area contributed by atoms with Crippen molar-refractivity contribution in [3.05, 3.63) is 70.0 Å². The van der Waals surface area contributed by atoms with Crippen LogP contribution in [0.1, 0.15) is 11.1 Å². The summed E-state index contributed by atoms with van der Waals surface area (Å²) >= 11 is 5.89. The number of aliphatic hydroxyl groups is 1. The molecule has 20 heavy (non-hydrogen) atoms. The van der Waals surface area contributed by atoms with Crippen molar-refractivity contribution in [2.24, 2.45) is 0 Å². The van der Waals surface area contributed by atoms with Gasteiger partial charge in [0, 0.05) is 23.9 Å². The lowest BCUT2D eigenvalue weighted by atomic mass is 10.0. The first-order chi connectivity index (χ1) is 9.45. The first kappa shape index (κ1) is 14.9. The van der Waals surface area contributed by atoms with Crippen LogP contribution in [0, 0.1) is 17.5 Å². The summed E-state index contributed by atoms with van der Waals surface area (Å²) in [6.07, 6.45) is -0.846. The Hall–Kier alpha value is -1.52. The lowest BCUT2D eigenvalue weighted by Crippen LogP contribution is -2.15. The number of hydrogen-bond donors (Lipinski definition) is 1. The van der Waals surface area contributed by atoms with Crippen LogP contribution in [0.4, 0.5) is 13.2 Å². The number of aliphatic hydroxyl groups excluding tert-OH is 1. The molecule has 5 heteroatoms. The Bertz CT molecular complexity index is 616. The van der Waals surface area contributed by atoms with Gasteiger partial charge in [-0.25, -0.2) is 13.2 Å². The first-order valence-electron chi connectivity index (χ1n) is 6.01. The fourth-order valence-electron chi connectivity index (χ4n) is 1.97. The largest absolute Gasteiger partial charge is 0.392 e. The number of hydrogen-bond acceptors (Lipinski definition) is 1. The molecule has 0 aromatic heterocycles. The van der Waals surface area contributed by atoms with Crippen molar-refractivity contribution in [1.29, 1.82) is 0 Å². The highest BCUT2D eigenvalue weighted by Gasteiger charge is 2.13. The molecule has 2 aromatic rings. The molecule has 2 rings (SSSR count). The van der Waals surface area contributed by atoms with Gasteiger partial charge in [0.2, 0.25) is 0 Å². The zero-order valence-electron chi connectivity index (χ0n) is 10.4. The molecule has 106 valence electrons. The summed E-state index contributed by atoms with van der Waals surface area (Å²) in [5.41, 5.74) is 0.646. The predicted molar refractivity (Wildman–Crippen MR) is 71.2 cm³/mol. The summed E-state index contributed by atoms with van der Waals surface area (Å²) in [6, 6.07) is 7.01. The van der Waals surface area contributed by atoms with Crippen LogP contribution in [0.15, 0.2) is 36.4 Å². The highest BCUT2D eigenvalue weighted by molar-refractivity contribution is 6.31. The topological polar surface area (TPSA) is 20.2 Å². The van der Waals surface area contributed by atoms with Gasteiger partial charge < -0.3 is 5.11 Å². The molecule has 2 aromatic carbocycles. The monoisotopic (exact) mass is 300 g/mol. The van der Waals surface area contributed by atoms with E-state index in [4.69, 9.17) is 11.6 Å². The lowest BCUT2D eigenvalue weighted by Gasteiger charge is -2.12. The smallest absolute Gasteiger partial charge is 0.129 e. The van der Waals surface area contributed by atoms with Gasteiger partial charge in [-0.2, -0.15) is 0 Å². The van der Waals surface area contributed by atoms with Gasteiger partial charge in [0.1, 0.15) is 17.5 Å². The van der Waals surface area contributed by atoms with Crippen molar-refractivity contribution in [1.82, 2.24) is 0 Å². The SMILES string of the molecule is OC(Cc1ccc(F)cc1F)Cc1cc(F)ccc1Cl. The van der Waals surface area contributed by atoms with Crippen LogP contribution in [0.25, 0.3) is 0 Å². The molecule has 0 heterocycles. The van der Waals surface area contributed by atoms with Gasteiger partial charge in [-0.3, -0.25) is 0 Å². The molecule has 0 fully saturated rings. The van der Waals surface area contributed by atoms with Gasteiger partial charge in [-0.05, 0) is 35.4 Å². The van der Waals surface area contributed by atoms with Crippen LogP contribution in [-0.4, -0.2) is 11.2 Å². The van der Waals surface area contributed by atoms with Crippen molar-refractivity contribution < 1.29 is 18.3 Å². The highest BCUT2D eigenvalue weighted by atomic mass is 35.5. The van der Waals surface area contributed by atoms with Crippen molar-refractivity contribution in [2.45, 2.75) is 18.9 Å². The third kappa shape index (κ3) is 3.74. The summed E-state index contributed by atoms with van der Waals surface area (Å²) < 4.78 is 39.3. The highest BCUT2D eigenvalue weighted by Crippen LogP contribution is 2.20. The predicted octanol–water partition coefficient (Wildman–Crippen LogP) is 3.90. The minimum absolute atomic E-state index is 0.00104. The Balaban J connectivity index is 2.08. The van der Waals surface area contributed by atoms with Crippen LogP contribution < -0.4 is 0 Å². The molecule has 0 saturated heterocycles. The summed E-state index contributed by atoms with van der Waals surface area (Å²) in [5.74, 6) is -1.84. The van der Waals surface area contributed by atoms with Crippen molar-refractivity contribution in [3.63, 3.8) is 0 Å². The van der Waals surface area contributed by atoms with Gasteiger partial charge in [0.25, 0.3) is 0 Å². The van der Waals surface area contributed by atoms with Crippen molar-refractivity contribution in [3.8, 4) is 0 Å². The number of rotatable bonds is 4. The van der Waals surface area contributed by atoms with E-state index in [1.165, 1.54) is 24.3 Å². The van der Waals surface area contributed by atoms with Crippen molar-refractivity contribution >= 4 is 11.6 Å². The molecule has 0 bridgehead atoms. The van der Waals surface area contributed by atoms with E-state index in [1.807, 2.05) is 0 Å². The van der Waals surface area contributed by atoms with Crippen molar-refractivity contribution in [2.75, 3.05) is 0 Å². The lowest BCUT2D eigenvalue weighted by molar-refractivity contribution is 0.174. The molecule has 1 atom stereocenters. The van der Waals surface area contributed by atoms with Gasteiger partial charge in [-0.1, -0.05) is 17.7 Å². The minimum Gasteiger partial charge on any atom is -0.392 e. The standard InChI is InChI=1S/C15H12ClF3O/c16-14-4-3-11(17)5-10(14)7-13(20)6-9-1-2-12(18)8-15(9)19/h1-5,8,13,20H,6-7H2. The Morgan fingerprint density at radius 2 is 1.50 bits per heavy atom. The maximum absolute atomic E-state index is 13.5. The summed E-state index contributed by atoms with van der Waals surface area (Å²) in [5, 5.41) is 10.3. The van der Waals surface area contributed by atoms with Crippen LogP contribution in [0.2, 0.25) is 5.02 Å². The molecule has 1 N–H and O–H groups in total. The van der Waals surface area contributed by atoms with E-state index in [9.17, 15) is 18.3 Å². The third-order valence-corrected chi connectivity index (χ3v) is 3.30. The molecule has 1 nitrogen and oxygen atoms in total. The molecular formula is C15H12ClF3O. The summed E-state index contributed by atoms with van der Waals surface area (Å²) in [4.78, 5) is 0. The van der Waals surface area contributed by atoms with E-state index in [0.717, 1.165) is 12.1 Å².